The molecule has 0 fully saturated rings. The third-order valence-electron chi connectivity index (χ3n) is 15.1. The summed E-state index contributed by atoms with van der Waals surface area (Å²) in [6.45, 7) is 29.8. The zero-order valence-corrected chi connectivity index (χ0v) is 50.8. The second-order valence-electron chi connectivity index (χ2n) is 23.9. The summed E-state index contributed by atoms with van der Waals surface area (Å²) in [5, 5.41) is 10.4. The van der Waals surface area contributed by atoms with E-state index in [1.165, 1.54) is 193 Å². The van der Waals surface area contributed by atoms with Crippen LogP contribution >= 0.6 is 0 Å². The molecule has 1 N–H and O–H groups in total. The Hall–Kier alpha value is -1.08. The average molecular weight is 1020 g/mol. The number of carbonyl (C=O) groups is 1. The van der Waals surface area contributed by atoms with Crippen LogP contribution in [0.25, 0.3) is 0 Å². The molecule has 2 atom stereocenters. The minimum Gasteiger partial charge on any atom is -0.454 e. The fourth-order valence-electron chi connectivity index (χ4n) is 7.94. The minimum atomic E-state index is -1.94. The smallest absolute Gasteiger partial charge is 0.338 e. The zero-order chi connectivity index (χ0) is 52.3. The van der Waals surface area contributed by atoms with Gasteiger partial charge in [0.2, 0.25) is 0 Å². The Kier molecular flexibility index (Phi) is 43.6. The van der Waals surface area contributed by atoms with Crippen molar-refractivity contribution in [3.8, 4) is 0 Å². The van der Waals surface area contributed by atoms with Crippen LogP contribution in [0.4, 0.5) is 0 Å². The molecule has 0 heterocycles. The highest BCUT2D eigenvalue weighted by Crippen LogP contribution is 2.37. The van der Waals surface area contributed by atoms with Gasteiger partial charge < -0.3 is 28.2 Å². The Morgan fingerprint density at radius 3 is 1.07 bits per heavy atom. The summed E-state index contributed by atoms with van der Waals surface area (Å²) < 4.78 is 29.8. The maximum atomic E-state index is 12.6. The molecule has 0 aliphatic carbocycles. The van der Waals surface area contributed by atoms with E-state index in [0.717, 1.165) is 19.4 Å². The van der Waals surface area contributed by atoms with Gasteiger partial charge >= 0.3 is 5.97 Å². The monoisotopic (exact) mass is 1020 g/mol. The molecule has 1 aromatic carbocycles. The van der Waals surface area contributed by atoms with Gasteiger partial charge in [-0.2, -0.15) is 0 Å². The number of esters is 1. The van der Waals surface area contributed by atoms with Gasteiger partial charge in [0.25, 0.3) is 0 Å². The van der Waals surface area contributed by atoms with Gasteiger partial charge in [-0.15, -0.1) is 0 Å². The number of hydrogen-bond acceptors (Lipinski definition) is 7. The molecular weight excluding hydrogens is 901 g/mol. The van der Waals surface area contributed by atoms with Crippen LogP contribution < -0.4 is 0 Å². The summed E-state index contributed by atoms with van der Waals surface area (Å²) in [5.41, 5.74) is 0.563. The van der Waals surface area contributed by atoms with E-state index in [2.05, 4.69) is 81.6 Å². The molecule has 9 heteroatoms. The predicted molar refractivity (Wildman–Crippen MR) is 309 cm³/mol. The van der Waals surface area contributed by atoms with Gasteiger partial charge in [0.15, 0.2) is 16.6 Å². The van der Waals surface area contributed by atoms with Crippen LogP contribution in [0.15, 0.2) is 30.3 Å². The van der Waals surface area contributed by atoms with E-state index in [-0.39, 0.29) is 16.0 Å². The second kappa shape index (κ2) is 44.2. The van der Waals surface area contributed by atoms with Crippen LogP contribution in [-0.2, 0) is 23.1 Å². The number of aliphatic hydroxyl groups excluding tert-OH is 1. The summed E-state index contributed by atoms with van der Waals surface area (Å²) >= 11 is 0. The summed E-state index contributed by atoms with van der Waals surface area (Å²) in [5.74, 6) is -0.314. The molecule has 0 aliphatic rings. The van der Waals surface area contributed by atoms with Crippen LogP contribution in [-0.4, -0.2) is 79.6 Å². The number of unbranched alkanes of at least 4 members (excludes halogenated alkanes) is 30. The molecule has 0 spiro atoms. The first kappa shape index (κ1) is 68.9. The summed E-state index contributed by atoms with van der Waals surface area (Å²) in [6, 6.07) is 9.17. The maximum absolute atomic E-state index is 12.6. The van der Waals surface area contributed by atoms with Crippen LogP contribution in [0, 0.1) is 0 Å². The topological polar surface area (TPSA) is 83.5 Å². The third-order valence-corrected chi connectivity index (χ3v) is 24.1. The molecule has 0 unspecified atom stereocenters. The lowest BCUT2D eigenvalue weighted by molar-refractivity contribution is -0.0222. The molecule has 0 saturated carbocycles. The Morgan fingerprint density at radius 1 is 0.443 bits per heavy atom. The summed E-state index contributed by atoms with van der Waals surface area (Å²) in [4.78, 5) is 12.6. The van der Waals surface area contributed by atoms with Crippen molar-refractivity contribution in [2.75, 3.05) is 39.6 Å². The number of aliphatic hydroxyl groups is 1. The Balaban J connectivity index is 0.00000140. The van der Waals surface area contributed by atoms with Gasteiger partial charge in [-0.3, -0.25) is 0 Å². The SMILES string of the molecule is CCCCCCCCCCCCCCCCCCOC[C@@H](O)CO[Si](C)(C)C(C)(C)C.CCCCCCCCCCCCCCCCCCOC[C@H](CO[Si](C)(C)C(C)(C)C)OC(=O)c1ccccc1. The van der Waals surface area contributed by atoms with Crippen LogP contribution in [0.2, 0.25) is 36.3 Å². The molecule has 0 aliphatic heterocycles. The van der Waals surface area contributed by atoms with E-state index in [1.54, 1.807) is 12.1 Å². The minimum absolute atomic E-state index is 0.107. The average Bonchev–Trinajstić information content (AvgIpc) is 3.31. The van der Waals surface area contributed by atoms with Crippen molar-refractivity contribution in [2.24, 2.45) is 0 Å². The normalized spacial score (nSPS) is 13.3. The number of benzene rings is 1. The van der Waals surface area contributed by atoms with Gasteiger partial charge in [0.1, 0.15) is 6.10 Å². The number of rotatable bonds is 46. The molecule has 0 amide bonds. The fourth-order valence-corrected chi connectivity index (χ4v) is 10.0. The predicted octanol–water partition coefficient (Wildman–Crippen LogP) is 19.2. The zero-order valence-electron chi connectivity index (χ0n) is 48.8. The largest absolute Gasteiger partial charge is 0.454 e. The van der Waals surface area contributed by atoms with Crippen molar-refractivity contribution in [3.63, 3.8) is 0 Å². The first-order valence-electron chi connectivity index (χ1n) is 29.8. The first-order chi connectivity index (χ1) is 33.4. The van der Waals surface area contributed by atoms with E-state index < -0.39 is 28.8 Å². The van der Waals surface area contributed by atoms with Gasteiger partial charge in [-0.1, -0.05) is 266 Å². The highest BCUT2D eigenvalue weighted by molar-refractivity contribution is 6.74. The lowest BCUT2D eigenvalue weighted by atomic mass is 10.0. The maximum Gasteiger partial charge on any atom is 0.338 e. The highest BCUT2D eigenvalue weighted by atomic mass is 28.4. The molecule has 0 aromatic heterocycles. The van der Waals surface area contributed by atoms with E-state index in [0.29, 0.717) is 38.6 Å². The molecule has 1 rings (SSSR count). The Labute approximate surface area is 438 Å². The number of ether oxygens (including phenoxy) is 3. The van der Waals surface area contributed by atoms with Gasteiger partial charge in [-0.05, 0) is 61.2 Å². The van der Waals surface area contributed by atoms with Crippen LogP contribution in [0.1, 0.15) is 271 Å². The van der Waals surface area contributed by atoms with Crippen molar-refractivity contribution < 1.29 is 33.0 Å². The molecule has 70 heavy (non-hydrogen) atoms. The molecule has 0 bridgehead atoms. The lowest BCUT2D eigenvalue weighted by Crippen LogP contribution is -2.44. The molecule has 0 radical (unpaired) electrons. The quantitative estimate of drug-likeness (QED) is 0.0396. The van der Waals surface area contributed by atoms with E-state index in [9.17, 15) is 9.90 Å². The second-order valence-corrected chi connectivity index (χ2v) is 33.6. The highest BCUT2D eigenvalue weighted by Gasteiger charge is 2.38. The van der Waals surface area contributed by atoms with Gasteiger partial charge in [-0.25, -0.2) is 4.79 Å². The van der Waals surface area contributed by atoms with Crippen molar-refractivity contribution in [3.05, 3.63) is 35.9 Å². The van der Waals surface area contributed by atoms with Gasteiger partial charge in [0, 0.05) is 13.2 Å². The first-order valence-corrected chi connectivity index (χ1v) is 35.6. The van der Waals surface area contributed by atoms with Crippen molar-refractivity contribution in [1.82, 2.24) is 0 Å². The van der Waals surface area contributed by atoms with E-state index in [1.807, 2.05) is 18.2 Å². The molecule has 1 aromatic rings. The van der Waals surface area contributed by atoms with Crippen molar-refractivity contribution >= 4 is 22.6 Å². The van der Waals surface area contributed by atoms with Crippen molar-refractivity contribution in [2.45, 2.75) is 309 Å². The van der Waals surface area contributed by atoms with Gasteiger partial charge in [0.05, 0.1) is 38.1 Å². The number of carbonyl (C=O) groups excluding carboxylic acids is 1. The number of hydrogen-bond donors (Lipinski definition) is 1. The molecular formula is C61H120O7Si2. The standard InChI is InChI=1S/C34H62O4Si.C27H58O3Si/c1-7-8-9-10-11-12-13-14-15-16-17-18-19-20-21-25-28-36-29-32(30-37-39(5,6)34(2,3)4)38-33(35)31-26-23-22-24-27-31;1-7-8-9-10-11-12-13-14-15-16-17-18-19-20-21-22-23-29-24-26(28)25-30-31(5,6)27(2,3)4/h22-24,26-27,32H,7-21,25,28-30H2,1-6H3;26,28H,7-25H2,1-6H3/t32-;26-/m11/s1. The lowest BCUT2D eigenvalue weighted by Gasteiger charge is -2.37. The molecule has 7 nitrogen and oxygen atoms in total. The van der Waals surface area contributed by atoms with Crippen LogP contribution in [0.5, 0.6) is 0 Å². The Morgan fingerprint density at radius 2 is 0.743 bits per heavy atom. The van der Waals surface area contributed by atoms with E-state index in [4.69, 9.17) is 23.1 Å². The molecule has 0 saturated heterocycles. The summed E-state index contributed by atoms with van der Waals surface area (Å²) in [6.07, 6.45) is 43.0. The van der Waals surface area contributed by atoms with E-state index >= 15 is 0 Å². The fraction of sp³-hybridized carbons (Fsp3) is 0.885. The molecule has 414 valence electrons. The Bertz CT molecular complexity index is 1280. The summed E-state index contributed by atoms with van der Waals surface area (Å²) in [7, 11) is -3.72. The van der Waals surface area contributed by atoms with Crippen LogP contribution in [0.3, 0.4) is 0 Å². The van der Waals surface area contributed by atoms with Crippen molar-refractivity contribution in [1.29, 1.82) is 0 Å². The third kappa shape index (κ3) is 40.3.